The maximum absolute atomic E-state index is 11.0. The second-order valence-corrected chi connectivity index (χ2v) is 3.82. The molecular formula is C7H9IO. The Balaban J connectivity index is 2.65. The largest absolute Gasteiger partial charge is 0.299 e. The van der Waals surface area contributed by atoms with E-state index in [1.54, 1.807) is 0 Å². The van der Waals surface area contributed by atoms with E-state index in [4.69, 9.17) is 0 Å². The van der Waals surface area contributed by atoms with Crippen molar-refractivity contribution in [2.45, 2.75) is 19.8 Å². The highest BCUT2D eigenvalue weighted by molar-refractivity contribution is 14.1. The molecule has 1 nitrogen and oxygen atoms in total. The van der Waals surface area contributed by atoms with Crippen LogP contribution in [0.25, 0.3) is 0 Å². The lowest BCUT2D eigenvalue weighted by Gasteiger charge is -2.12. The van der Waals surface area contributed by atoms with Crippen molar-refractivity contribution in [2.75, 3.05) is 0 Å². The van der Waals surface area contributed by atoms with Crippen LogP contribution in [0, 0.1) is 5.92 Å². The van der Waals surface area contributed by atoms with Gasteiger partial charge in [0.1, 0.15) is 5.78 Å². The van der Waals surface area contributed by atoms with Crippen LogP contribution in [0.3, 0.4) is 0 Å². The molecule has 0 saturated heterocycles. The van der Waals surface area contributed by atoms with E-state index in [1.165, 1.54) is 3.58 Å². The van der Waals surface area contributed by atoms with Crippen molar-refractivity contribution in [3.8, 4) is 0 Å². The van der Waals surface area contributed by atoms with Crippen LogP contribution in [0.4, 0.5) is 0 Å². The number of carbonyl (C=O) groups excluding carboxylic acids is 1. The third-order valence-corrected chi connectivity index (χ3v) is 2.41. The molecule has 1 unspecified atom stereocenters. The van der Waals surface area contributed by atoms with Crippen molar-refractivity contribution in [3.63, 3.8) is 0 Å². The summed E-state index contributed by atoms with van der Waals surface area (Å²) < 4.78 is 1.20. The first-order chi connectivity index (χ1) is 4.20. The Morgan fingerprint density at radius 2 is 2.44 bits per heavy atom. The molecule has 0 aromatic rings. The molecule has 0 bridgehead atoms. The summed E-state index contributed by atoms with van der Waals surface area (Å²) in [6, 6.07) is 0. The quantitative estimate of drug-likeness (QED) is 0.590. The standard InChI is InChI=1S/C7H9IO/c1-5-2-3-6(8)4-7(5)9/h3,5H,2,4H2,1H3. The zero-order valence-corrected chi connectivity index (χ0v) is 7.51. The van der Waals surface area contributed by atoms with Crippen LogP contribution >= 0.6 is 22.6 Å². The molecule has 0 aliphatic heterocycles. The maximum Gasteiger partial charge on any atom is 0.140 e. The summed E-state index contributed by atoms with van der Waals surface area (Å²) >= 11 is 2.22. The lowest BCUT2D eigenvalue weighted by atomic mass is 9.95. The Hall–Kier alpha value is 0.140. The molecule has 9 heavy (non-hydrogen) atoms. The molecule has 0 amide bonds. The van der Waals surface area contributed by atoms with Gasteiger partial charge in [0.05, 0.1) is 0 Å². The second kappa shape index (κ2) is 2.82. The van der Waals surface area contributed by atoms with Gasteiger partial charge >= 0.3 is 0 Å². The van der Waals surface area contributed by atoms with E-state index in [1.807, 2.05) is 6.92 Å². The Morgan fingerprint density at radius 3 is 2.89 bits per heavy atom. The van der Waals surface area contributed by atoms with Gasteiger partial charge in [-0.3, -0.25) is 4.79 Å². The minimum Gasteiger partial charge on any atom is -0.299 e. The fourth-order valence-corrected chi connectivity index (χ4v) is 1.48. The average Bonchev–Trinajstić information content (AvgIpc) is 1.80. The predicted molar refractivity (Wildman–Crippen MR) is 45.5 cm³/mol. The first kappa shape index (κ1) is 7.25. The fraction of sp³-hybridized carbons (Fsp3) is 0.571. The summed E-state index contributed by atoms with van der Waals surface area (Å²) in [6.45, 7) is 1.99. The van der Waals surface area contributed by atoms with Crippen molar-refractivity contribution >= 4 is 28.4 Å². The third kappa shape index (κ3) is 1.78. The van der Waals surface area contributed by atoms with Crippen LogP contribution in [0.1, 0.15) is 19.8 Å². The molecule has 0 aromatic carbocycles. The van der Waals surface area contributed by atoms with E-state index in [-0.39, 0.29) is 5.92 Å². The van der Waals surface area contributed by atoms with Crippen molar-refractivity contribution in [2.24, 2.45) is 5.92 Å². The summed E-state index contributed by atoms with van der Waals surface area (Å²) in [5.41, 5.74) is 0. The number of rotatable bonds is 0. The van der Waals surface area contributed by atoms with Gasteiger partial charge in [0.25, 0.3) is 0 Å². The Labute approximate surface area is 68.7 Å². The van der Waals surface area contributed by atoms with E-state index >= 15 is 0 Å². The molecule has 2 heteroatoms. The molecule has 0 heterocycles. The van der Waals surface area contributed by atoms with Gasteiger partial charge < -0.3 is 0 Å². The van der Waals surface area contributed by atoms with Crippen molar-refractivity contribution in [1.82, 2.24) is 0 Å². The van der Waals surface area contributed by atoms with Gasteiger partial charge in [0.2, 0.25) is 0 Å². The summed E-state index contributed by atoms with van der Waals surface area (Å²) in [5.74, 6) is 0.658. The van der Waals surface area contributed by atoms with Gasteiger partial charge in [0.15, 0.2) is 0 Å². The number of hydrogen-bond acceptors (Lipinski definition) is 1. The third-order valence-electron chi connectivity index (χ3n) is 1.59. The molecule has 0 aromatic heterocycles. The number of hydrogen-bond donors (Lipinski definition) is 0. The summed E-state index contributed by atoms with van der Waals surface area (Å²) in [7, 11) is 0. The van der Waals surface area contributed by atoms with E-state index < -0.39 is 0 Å². The fourth-order valence-electron chi connectivity index (χ4n) is 0.849. The zero-order valence-electron chi connectivity index (χ0n) is 5.36. The molecule has 50 valence electrons. The lowest BCUT2D eigenvalue weighted by molar-refractivity contribution is -0.121. The first-order valence-electron chi connectivity index (χ1n) is 3.07. The molecule has 0 N–H and O–H groups in total. The highest BCUT2D eigenvalue weighted by Gasteiger charge is 2.16. The predicted octanol–water partition coefficient (Wildman–Crippen LogP) is 2.30. The zero-order chi connectivity index (χ0) is 6.85. The number of ketones is 1. The smallest absolute Gasteiger partial charge is 0.140 e. The van der Waals surface area contributed by atoms with E-state index in [0.717, 1.165) is 6.42 Å². The maximum atomic E-state index is 11.0. The summed E-state index contributed by atoms with van der Waals surface area (Å²) in [6.07, 6.45) is 3.76. The second-order valence-electron chi connectivity index (χ2n) is 2.43. The van der Waals surface area contributed by atoms with Crippen molar-refractivity contribution in [1.29, 1.82) is 0 Å². The van der Waals surface area contributed by atoms with E-state index in [9.17, 15) is 4.79 Å². The van der Waals surface area contributed by atoms with Gasteiger partial charge in [-0.2, -0.15) is 0 Å². The topological polar surface area (TPSA) is 17.1 Å². The highest BCUT2D eigenvalue weighted by Crippen LogP contribution is 2.23. The normalized spacial score (nSPS) is 28.0. The molecule has 0 fully saturated rings. The van der Waals surface area contributed by atoms with Gasteiger partial charge in [-0.1, -0.05) is 13.0 Å². The van der Waals surface area contributed by atoms with Gasteiger partial charge in [0, 0.05) is 12.3 Å². The van der Waals surface area contributed by atoms with Crippen LogP contribution < -0.4 is 0 Å². The van der Waals surface area contributed by atoms with Crippen LogP contribution in [-0.2, 0) is 4.79 Å². The van der Waals surface area contributed by atoms with Gasteiger partial charge in [-0.25, -0.2) is 0 Å². The van der Waals surface area contributed by atoms with Crippen LogP contribution in [0.15, 0.2) is 9.66 Å². The average molecular weight is 236 g/mol. The molecular weight excluding hydrogens is 227 g/mol. The number of allylic oxidation sites excluding steroid dienone is 2. The summed E-state index contributed by atoms with van der Waals surface area (Å²) in [5, 5.41) is 0. The van der Waals surface area contributed by atoms with Crippen molar-refractivity contribution in [3.05, 3.63) is 9.66 Å². The number of carbonyl (C=O) groups is 1. The minimum absolute atomic E-state index is 0.267. The molecule has 0 spiro atoms. The van der Waals surface area contributed by atoms with E-state index in [0.29, 0.717) is 12.2 Å². The Bertz CT molecular complexity index is 160. The molecule has 1 rings (SSSR count). The molecule has 1 aliphatic carbocycles. The number of halogens is 1. The highest BCUT2D eigenvalue weighted by atomic mass is 127. The molecule has 0 radical (unpaired) electrons. The number of Topliss-reactive ketones (excluding diaryl/α,β-unsaturated/α-hetero) is 1. The van der Waals surface area contributed by atoms with Gasteiger partial charge in [-0.05, 0) is 32.6 Å². The molecule has 1 atom stereocenters. The molecule has 0 saturated carbocycles. The Morgan fingerprint density at radius 1 is 1.78 bits per heavy atom. The lowest BCUT2D eigenvalue weighted by Crippen LogP contribution is -2.13. The minimum atomic E-state index is 0.267. The van der Waals surface area contributed by atoms with Crippen LogP contribution in [0.2, 0.25) is 0 Å². The van der Waals surface area contributed by atoms with Gasteiger partial charge in [-0.15, -0.1) is 0 Å². The van der Waals surface area contributed by atoms with Crippen LogP contribution in [0.5, 0.6) is 0 Å². The van der Waals surface area contributed by atoms with E-state index in [2.05, 4.69) is 28.7 Å². The SMILES string of the molecule is CC1CC=C(I)CC1=O. The summed E-state index contributed by atoms with van der Waals surface area (Å²) in [4.78, 5) is 11.0. The Kier molecular flexibility index (Phi) is 2.27. The monoisotopic (exact) mass is 236 g/mol. The van der Waals surface area contributed by atoms with Crippen molar-refractivity contribution < 1.29 is 4.79 Å². The first-order valence-corrected chi connectivity index (χ1v) is 4.15. The van der Waals surface area contributed by atoms with Crippen LogP contribution in [-0.4, -0.2) is 5.78 Å². The molecule has 1 aliphatic rings.